The van der Waals surface area contributed by atoms with Crippen LogP contribution < -0.4 is 5.32 Å². The highest BCUT2D eigenvalue weighted by molar-refractivity contribution is 9.10. The molecule has 0 fully saturated rings. The molecule has 3 nitrogen and oxygen atoms in total. The molecule has 0 spiro atoms. The minimum absolute atomic E-state index is 0.742. The second-order valence-corrected chi connectivity index (χ2v) is 4.72. The largest absolute Gasteiger partial charge is 0.335 e. The molecule has 1 aromatic carbocycles. The van der Waals surface area contributed by atoms with Gasteiger partial charge < -0.3 is 10.3 Å². The highest BCUT2D eigenvalue weighted by Gasteiger charge is 2.09. The zero-order valence-corrected chi connectivity index (χ0v) is 11.6. The lowest BCUT2D eigenvalue weighted by molar-refractivity contribution is 0.771. The van der Waals surface area contributed by atoms with Gasteiger partial charge in [0.25, 0.3) is 0 Å². The number of imidazole rings is 1. The fraction of sp³-hybridized carbons (Fsp3) is 0.308. The molecule has 2 aromatic rings. The van der Waals surface area contributed by atoms with Gasteiger partial charge in [-0.3, -0.25) is 0 Å². The number of aromatic nitrogens is 2. The van der Waals surface area contributed by atoms with Crippen LogP contribution in [-0.2, 0) is 13.0 Å². The van der Waals surface area contributed by atoms with Crippen molar-refractivity contribution in [3.05, 3.63) is 40.3 Å². The molecule has 0 radical (unpaired) electrons. The number of benzene rings is 1. The number of hydrogen-bond donors (Lipinski definition) is 2. The van der Waals surface area contributed by atoms with Gasteiger partial charge in [-0.15, -0.1) is 0 Å². The molecule has 2 N–H and O–H groups in total. The van der Waals surface area contributed by atoms with Crippen LogP contribution in [-0.4, -0.2) is 17.0 Å². The molecule has 0 aliphatic heterocycles. The second-order valence-electron chi connectivity index (χ2n) is 3.93. The number of hydrogen-bond acceptors (Lipinski definition) is 2. The van der Waals surface area contributed by atoms with E-state index < -0.39 is 0 Å². The van der Waals surface area contributed by atoms with Crippen LogP contribution in [0.25, 0.3) is 11.3 Å². The highest BCUT2D eigenvalue weighted by Crippen LogP contribution is 2.26. The first-order valence-electron chi connectivity index (χ1n) is 5.73. The van der Waals surface area contributed by atoms with E-state index in [1.807, 2.05) is 7.05 Å². The van der Waals surface area contributed by atoms with Crippen LogP contribution in [0.1, 0.15) is 18.3 Å². The third kappa shape index (κ3) is 2.76. The molecule has 0 saturated carbocycles. The molecule has 2 rings (SSSR count). The number of nitrogens with one attached hydrogen (secondary N) is 2. The first-order chi connectivity index (χ1) is 8.24. The number of aromatic amines is 1. The summed E-state index contributed by atoms with van der Waals surface area (Å²) in [6.07, 6.45) is 1.06. The van der Waals surface area contributed by atoms with Crippen molar-refractivity contribution >= 4 is 15.9 Å². The molecule has 90 valence electrons. The van der Waals surface area contributed by atoms with Crippen molar-refractivity contribution in [3.8, 4) is 11.3 Å². The summed E-state index contributed by atoms with van der Waals surface area (Å²) in [6, 6.07) is 8.52. The fourth-order valence-corrected chi connectivity index (χ4v) is 2.29. The number of nitrogens with zero attached hydrogens (tertiary/aromatic N) is 1. The van der Waals surface area contributed by atoms with Gasteiger partial charge in [0.15, 0.2) is 0 Å². The number of H-pyrrole nitrogens is 1. The predicted octanol–water partition coefficient (Wildman–Crippen LogP) is 3.12. The molecule has 1 aromatic heterocycles. The maximum absolute atomic E-state index is 4.56. The van der Waals surface area contributed by atoms with E-state index in [0.29, 0.717) is 0 Å². The highest BCUT2D eigenvalue weighted by atomic mass is 79.9. The summed E-state index contributed by atoms with van der Waals surface area (Å²) in [6.45, 7) is 2.90. The van der Waals surface area contributed by atoms with Crippen molar-refractivity contribution < 1.29 is 0 Å². The average Bonchev–Trinajstić information content (AvgIpc) is 2.71. The molecule has 0 aliphatic carbocycles. The van der Waals surface area contributed by atoms with E-state index in [4.69, 9.17) is 0 Å². The molecule has 1 heterocycles. The normalized spacial score (nSPS) is 10.8. The Kier molecular flexibility index (Phi) is 3.97. The summed E-state index contributed by atoms with van der Waals surface area (Å²) in [5, 5.41) is 3.08. The maximum atomic E-state index is 4.56. The molecular formula is C13H16BrN3. The Hall–Kier alpha value is -1.13. The van der Waals surface area contributed by atoms with Gasteiger partial charge in [-0.2, -0.15) is 0 Å². The lowest BCUT2D eigenvalue weighted by Crippen LogP contribution is -2.06. The summed E-state index contributed by atoms with van der Waals surface area (Å²) in [4.78, 5) is 7.78. The van der Waals surface area contributed by atoms with Crippen molar-refractivity contribution in [2.45, 2.75) is 19.9 Å². The summed E-state index contributed by atoms with van der Waals surface area (Å²) in [7, 11) is 1.91. The minimum atomic E-state index is 0.742. The van der Waals surface area contributed by atoms with E-state index in [2.05, 4.69) is 62.4 Å². The SMILES string of the molecule is CCc1ccc(-c2nc(CNC)[nH]c2Br)cc1. The van der Waals surface area contributed by atoms with Gasteiger partial charge in [0.1, 0.15) is 16.1 Å². The van der Waals surface area contributed by atoms with Crippen LogP contribution in [0.15, 0.2) is 28.9 Å². The van der Waals surface area contributed by atoms with Gasteiger partial charge in [0.2, 0.25) is 0 Å². The topological polar surface area (TPSA) is 40.7 Å². The van der Waals surface area contributed by atoms with Crippen molar-refractivity contribution in [1.82, 2.24) is 15.3 Å². The van der Waals surface area contributed by atoms with E-state index in [-0.39, 0.29) is 0 Å². The first kappa shape index (κ1) is 12.3. The number of rotatable bonds is 4. The van der Waals surface area contributed by atoms with Crippen LogP contribution in [0.4, 0.5) is 0 Å². The van der Waals surface area contributed by atoms with Crippen LogP contribution in [0.3, 0.4) is 0 Å². The molecule has 0 aliphatic rings. The van der Waals surface area contributed by atoms with Crippen LogP contribution in [0, 0.1) is 0 Å². The standard InChI is InChI=1S/C13H16BrN3/c1-3-9-4-6-10(7-5-9)12-13(14)17-11(16-12)8-15-2/h4-7,15H,3,8H2,1-2H3,(H,16,17). The molecule has 0 bridgehead atoms. The first-order valence-corrected chi connectivity index (χ1v) is 6.52. The van der Waals surface area contributed by atoms with Gasteiger partial charge in [0, 0.05) is 5.56 Å². The van der Waals surface area contributed by atoms with E-state index in [9.17, 15) is 0 Å². The van der Waals surface area contributed by atoms with Crippen molar-refractivity contribution in [3.63, 3.8) is 0 Å². The lowest BCUT2D eigenvalue weighted by atomic mass is 10.1. The zero-order valence-electron chi connectivity index (χ0n) is 10.0. The third-order valence-corrected chi connectivity index (χ3v) is 3.26. The maximum Gasteiger partial charge on any atom is 0.121 e. The fourth-order valence-electron chi connectivity index (χ4n) is 1.74. The summed E-state index contributed by atoms with van der Waals surface area (Å²) in [5.74, 6) is 0.939. The Morgan fingerprint density at radius 3 is 2.59 bits per heavy atom. The van der Waals surface area contributed by atoms with Crippen LogP contribution in [0.2, 0.25) is 0 Å². The summed E-state index contributed by atoms with van der Waals surface area (Å²) >= 11 is 3.51. The van der Waals surface area contributed by atoms with Gasteiger partial charge in [-0.1, -0.05) is 31.2 Å². The van der Waals surface area contributed by atoms with Gasteiger partial charge in [-0.25, -0.2) is 4.98 Å². The summed E-state index contributed by atoms with van der Waals surface area (Å²) < 4.78 is 0.937. The third-order valence-electron chi connectivity index (χ3n) is 2.69. The molecule has 0 amide bonds. The molecule has 4 heteroatoms. The Bertz CT molecular complexity index is 488. The Balaban J connectivity index is 2.31. The Morgan fingerprint density at radius 2 is 2.00 bits per heavy atom. The van der Waals surface area contributed by atoms with E-state index in [1.165, 1.54) is 5.56 Å². The zero-order chi connectivity index (χ0) is 12.3. The van der Waals surface area contributed by atoms with Crippen LogP contribution >= 0.6 is 15.9 Å². The quantitative estimate of drug-likeness (QED) is 0.909. The van der Waals surface area contributed by atoms with Gasteiger partial charge in [-0.05, 0) is 35.0 Å². The minimum Gasteiger partial charge on any atom is -0.335 e. The van der Waals surface area contributed by atoms with Crippen molar-refractivity contribution in [1.29, 1.82) is 0 Å². The predicted molar refractivity (Wildman–Crippen MR) is 73.9 cm³/mol. The summed E-state index contributed by atoms with van der Waals surface area (Å²) in [5.41, 5.74) is 3.45. The lowest BCUT2D eigenvalue weighted by Gasteiger charge is -2.00. The van der Waals surface area contributed by atoms with E-state index in [0.717, 1.165) is 34.7 Å². The monoisotopic (exact) mass is 293 g/mol. The van der Waals surface area contributed by atoms with Gasteiger partial charge in [0.05, 0.1) is 6.54 Å². The molecule has 0 unspecified atom stereocenters. The van der Waals surface area contributed by atoms with Crippen molar-refractivity contribution in [2.24, 2.45) is 0 Å². The average molecular weight is 294 g/mol. The van der Waals surface area contributed by atoms with Gasteiger partial charge >= 0.3 is 0 Å². The molecular weight excluding hydrogens is 278 g/mol. The van der Waals surface area contributed by atoms with E-state index in [1.54, 1.807) is 0 Å². The Labute approximate surface area is 110 Å². The number of halogens is 1. The smallest absolute Gasteiger partial charge is 0.121 e. The second kappa shape index (κ2) is 5.47. The number of aryl methyl sites for hydroxylation is 1. The molecule has 0 atom stereocenters. The molecule has 17 heavy (non-hydrogen) atoms. The molecule has 0 saturated heterocycles. The van der Waals surface area contributed by atoms with Crippen LogP contribution in [0.5, 0.6) is 0 Å². The van der Waals surface area contributed by atoms with E-state index >= 15 is 0 Å². The van der Waals surface area contributed by atoms with Crippen molar-refractivity contribution in [2.75, 3.05) is 7.05 Å². The Morgan fingerprint density at radius 1 is 1.29 bits per heavy atom.